The average Bonchev–Trinajstić information content (AvgIpc) is 3.22. The molecule has 7 heteroatoms. The van der Waals surface area contributed by atoms with E-state index >= 15 is 0 Å². The molecule has 1 saturated carbocycles. The first-order valence-electron chi connectivity index (χ1n) is 7.04. The van der Waals surface area contributed by atoms with Crippen molar-refractivity contribution in [1.82, 2.24) is 4.72 Å². The Bertz CT molecular complexity index is 611. The van der Waals surface area contributed by atoms with Gasteiger partial charge < -0.3 is 10.4 Å². The first-order valence-corrected chi connectivity index (χ1v) is 8.53. The van der Waals surface area contributed by atoms with Crippen LogP contribution in [-0.4, -0.2) is 31.6 Å². The van der Waals surface area contributed by atoms with Crippen molar-refractivity contribution < 1.29 is 18.3 Å². The number of carboxylic acids is 1. The summed E-state index contributed by atoms with van der Waals surface area (Å²) >= 11 is 0. The van der Waals surface area contributed by atoms with Gasteiger partial charge in [-0.05, 0) is 31.4 Å². The van der Waals surface area contributed by atoms with Gasteiger partial charge in [0.15, 0.2) is 0 Å². The number of carboxylic acid groups (broad SMARTS) is 1. The number of benzene rings is 1. The smallest absolute Gasteiger partial charge is 0.326 e. The van der Waals surface area contributed by atoms with Crippen LogP contribution in [0.3, 0.4) is 0 Å². The van der Waals surface area contributed by atoms with Crippen LogP contribution in [0.1, 0.15) is 32.6 Å². The summed E-state index contributed by atoms with van der Waals surface area (Å²) in [6.45, 7) is 1.88. The molecule has 2 rings (SSSR count). The molecule has 0 aromatic heterocycles. The number of rotatable bonds is 8. The predicted octanol–water partition coefficient (Wildman–Crippen LogP) is 1.79. The third-order valence-corrected chi connectivity index (χ3v) is 4.86. The van der Waals surface area contributed by atoms with Crippen LogP contribution in [0.15, 0.2) is 29.2 Å². The van der Waals surface area contributed by atoms with Gasteiger partial charge in [-0.15, -0.1) is 0 Å². The molecule has 1 aliphatic rings. The van der Waals surface area contributed by atoms with Crippen molar-refractivity contribution in [2.24, 2.45) is 0 Å². The highest BCUT2D eigenvalue weighted by Crippen LogP contribution is 2.26. The molecule has 116 valence electrons. The van der Waals surface area contributed by atoms with E-state index in [1.165, 1.54) is 6.07 Å². The van der Waals surface area contributed by atoms with Crippen LogP contribution in [0.25, 0.3) is 0 Å². The van der Waals surface area contributed by atoms with Crippen molar-refractivity contribution in [2.45, 2.75) is 49.6 Å². The molecule has 0 aliphatic heterocycles. The fourth-order valence-electron chi connectivity index (χ4n) is 2.04. The molecular weight excluding hydrogens is 292 g/mol. The molecule has 6 nitrogen and oxygen atoms in total. The highest BCUT2D eigenvalue weighted by molar-refractivity contribution is 7.89. The van der Waals surface area contributed by atoms with Crippen LogP contribution in [0, 0.1) is 0 Å². The molecule has 0 radical (unpaired) electrons. The first kappa shape index (κ1) is 15.8. The van der Waals surface area contributed by atoms with Gasteiger partial charge in [0, 0.05) is 6.04 Å². The Morgan fingerprint density at radius 1 is 1.38 bits per heavy atom. The van der Waals surface area contributed by atoms with E-state index in [1.807, 2.05) is 6.92 Å². The number of anilines is 1. The fraction of sp³-hybridized carbons (Fsp3) is 0.500. The maximum absolute atomic E-state index is 12.3. The molecule has 21 heavy (non-hydrogen) atoms. The van der Waals surface area contributed by atoms with Crippen LogP contribution < -0.4 is 10.0 Å². The molecule has 1 unspecified atom stereocenters. The fourth-order valence-corrected chi connectivity index (χ4v) is 3.51. The summed E-state index contributed by atoms with van der Waals surface area (Å²) < 4.78 is 27.2. The van der Waals surface area contributed by atoms with Crippen LogP contribution in [0.4, 0.5) is 5.69 Å². The van der Waals surface area contributed by atoms with Gasteiger partial charge in [-0.3, -0.25) is 0 Å². The van der Waals surface area contributed by atoms with Crippen LogP contribution in [0.2, 0.25) is 0 Å². The monoisotopic (exact) mass is 312 g/mol. The second-order valence-electron chi connectivity index (χ2n) is 5.22. The molecular formula is C14H20N2O4S. The minimum absolute atomic E-state index is 0.00830. The van der Waals surface area contributed by atoms with Gasteiger partial charge in [0.1, 0.15) is 10.9 Å². The Balaban J connectivity index is 2.25. The predicted molar refractivity (Wildman–Crippen MR) is 79.7 cm³/mol. The number of hydrogen-bond donors (Lipinski definition) is 3. The van der Waals surface area contributed by atoms with Gasteiger partial charge in [-0.1, -0.05) is 25.5 Å². The summed E-state index contributed by atoms with van der Waals surface area (Å²) in [6, 6.07) is 5.59. The standard InChI is InChI=1S/C14H20N2O4S/c1-2-5-12(14(17)18)15-11-6-3-4-7-13(11)21(19,20)16-10-8-9-10/h3-4,6-7,10,12,15-16H,2,5,8-9H2,1H3,(H,17,18). The van der Waals surface area contributed by atoms with E-state index in [2.05, 4.69) is 10.0 Å². The van der Waals surface area contributed by atoms with Crippen molar-refractivity contribution in [2.75, 3.05) is 5.32 Å². The summed E-state index contributed by atoms with van der Waals surface area (Å²) in [4.78, 5) is 11.3. The highest BCUT2D eigenvalue weighted by Gasteiger charge is 2.30. The minimum Gasteiger partial charge on any atom is -0.480 e. The Morgan fingerprint density at radius 3 is 2.62 bits per heavy atom. The van der Waals surface area contributed by atoms with Crippen molar-refractivity contribution in [3.05, 3.63) is 24.3 Å². The highest BCUT2D eigenvalue weighted by atomic mass is 32.2. The van der Waals surface area contributed by atoms with E-state index in [9.17, 15) is 18.3 Å². The second kappa shape index (κ2) is 6.44. The van der Waals surface area contributed by atoms with E-state index in [4.69, 9.17) is 0 Å². The third kappa shape index (κ3) is 4.18. The Morgan fingerprint density at radius 2 is 2.05 bits per heavy atom. The molecule has 1 aromatic carbocycles. The van der Waals surface area contributed by atoms with Gasteiger partial charge in [0.2, 0.25) is 10.0 Å². The number of hydrogen-bond acceptors (Lipinski definition) is 4. The molecule has 3 N–H and O–H groups in total. The summed E-state index contributed by atoms with van der Waals surface area (Å²) in [6.07, 6.45) is 2.82. The minimum atomic E-state index is -3.62. The SMILES string of the molecule is CCCC(Nc1ccccc1S(=O)(=O)NC1CC1)C(=O)O. The van der Waals surface area contributed by atoms with Gasteiger partial charge in [-0.25, -0.2) is 17.9 Å². The maximum Gasteiger partial charge on any atom is 0.326 e. The summed E-state index contributed by atoms with van der Waals surface area (Å²) in [5.41, 5.74) is 0.325. The van der Waals surface area contributed by atoms with E-state index in [1.54, 1.807) is 18.2 Å². The zero-order chi connectivity index (χ0) is 15.5. The lowest BCUT2D eigenvalue weighted by Gasteiger charge is -2.18. The molecule has 0 saturated heterocycles. The van der Waals surface area contributed by atoms with Crippen molar-refractivity contribution in [3.63, 3.8) is 0 Å². The van der Waals surface area contributed by atoms with Gasteiger partial charge in [0.25, 0.3) is 0 Å². The van der Waals surface area contributed by atoms with Crippen LogP contribution >= 0.6 is 0 Å². The number of sulfonamides is 1. The van der Waals surface area contributed by atoms with E-state index < -0.39 is 22.0 Å². The molecule has 1 fully saturated rings. The maximum atomic E-state index is 12.3. The van der Waals surface area contributed by atoms with Gasteiger partial charge in [-0.2, -0.15) is 0 Å². The van der Waals surface area contributed by atoms with Crippen molar-refractivity contribution in [3.8, 4) is 0 Å². The summed E-state index contributed by atoms with van der Waals surface area (Å²) in [5.74, 6) is -0.987. The average molecular weight is 312 g/mol. The number of nitrogens with one attached hydrogen (secondary N) is 2. The Kier molecular flexibility index (Phi) is 4.84. The normalized spacial score (nSPS) is 16.4. The van der Waals surface area contributed by atoms with Gasteiger partial charge in [0.05, 0.1) is 5.69 Å². The molecule has 1 aromatic rings. The number of carbonyl (C=O) groups is 1. The molecule has 0 heterocycles. The van der Waals surface area contributed by atoms with Gasteiger partial charge >= 0.3 is 5.97 Å². The lowest BCUT2D eigenvalue weighted by atomic mass is 10.1. The van der Waals surface area contributed by atoms with Crippen molar-refractivity contribution >= 4 is 21.7 Å². The number of para-hydroxylation sites is 1. The largest absolute Gasteiger partial charge is 0.480 e. The lowest BCUT2D eigenvalue weighted by molar-refractivity contribution is -0.138. The van der Waals surface area contributed by atoms with E-state index in [-0.39, 0.29) is 10.9 Å². The molecule has 0 spiro atoms. The third-order valence-electron chi connectivity index (χ3n) is 3.28. The van der Waals surface area contributed by atoms with E-state index in [0.717, 1.165) is 12.8 Å². The second-order valence-corrected chi connectivity index (χ2v) is 6.90. The topological polar surface area (TPSA) is 95.5 Å². The quantitative estimate of drug-likeness (QED) is 0.680. The van der Waals surface area contributed by atoms with E-state index in [0.29, 0.717) is 18.5 Å². The molecule has 1 atom stereocenters. The molecule has 1 aliphatic carbocycles. The Labute approximate surface area is 124 Å². The lowest BCUT2D eigenvalue weighted by Crippen LogP contribution is -2.31. The van der Waals surface area contributed by atoms with Crippen LogP contribution in [0.5, 0.6) is 0 Å². The van der Waals surface area contributed by atoms with Crippen LogP contribution in [-0.2, 0) is 14.8 Å². The zero-order valence-electron chi connectivity index (χ0n) is 11.9. The summed E-state index contributed by atoms with van der Waals surface area (Å²) in [5, 5.41) is 12.0. The zero-order valence-corrected chi connectivity index (χ0v) is 12.7. The first-order chi connectivity index (χ1) is 9.94. The Hall–Kier alpha value is -1.60. The summed E-state index contributed by atoms with van der Waals surface area (Å²) in [7, 11) is -3.62. The molecule has 0 amide bonds. The molecule has 0 bridgehead atoms. The number of aliphatic carboxylic acids is 1. The van der Waals surface area contributed by atoms with Crippen molar-refractivity contribution in [1.29, 1.82) is 0 Å².